The van der Waals surface area contributed by atoms with Crippen molar-refractivity contribution in [2.24, 2.45) is 5.92 Å². The molecule has 0 amide bonds. The first-order valence-electron chi connectivity index (χ1n) is 4.75. The SMILES string of the molecule is C=C[C@H]1CCCC2(C1)OCCO2. The highest BCUT2D eigenvalue weighted by Gasteiger charge is 2.40. The van der Waals surface area contributed by atoms with Crippen molar-refractivity contribution in [2.75, 3.05) is 13.2 Å². The second kappa shape index (κ2) is 3.19. The van der Waals surface area contributed by atoms with Crippen molar-refractivity contribution in [3.8, 4) is 0 Å². The minimum Gasteiger partial charge on any atom is -0.348 e. The molecule has 1 atom stereocenters. The summed E-state index contributed by atoms with van der Waals surface area (Å²) >= 11 is 0. The smallest absolute Gasteiger partial charge is 0.169 e. The molecule has 1 saturated carbocycles. The molecule has 12 heavy (non-hydrogen) atoms. The van der Waals surface area contributed by atoms with Crippen LogP contribution in [0.15, 0.2) is 12.7 Å². The number of allylic oxidation sites excluding steroid dienone is 1. The van der Waals surface area contributed by atoms with Crippen molar-refractivity contribution in [1.82, 2.24) is 0 Å². The van der Waals surface area contributed by atoms with Crippen LogP contribution >= 0.6 is 0 Å². The molecule has 1 heterocycles. The maximum atomic E-state index is 5.64. The third-order valence-electron chi connectivity index (χ3n) is 2.85. The highest BCUT2D eigenvalue weighted by atomic mass is 16.7. The lowest BCUT2D eigenvalue weighted by Crippen LogP contribution is -2.35. The molecule has 0 aromatic carbocycles. The number of ether oxygens (including phenoxy) is 2. The van der Waals surface area contributed by atoms with Crippen LogP contribution in [0.25, 0.3) is 0 Å². The van der Waals surface area contributed by atoms with Crippen LogP contribution in [0.1, 0.15) is 25.7 Å². The molecule has 0 radical (unpaired) electrons. The topological polar surface area (TPSA) is 18.5 Å². The summed E-state index contributed by atoms with van der Waals surface area (Å²) in [5.41, 5.74) is 0. The van der Waals surface area contributed by atoms with Gasteiger partial charge < -0.3 is 9.47 Å². The minimum atomic E-state index is -0.225. The normalized spacial score (nSPS) is 33.8. The van der Waals surface area contributed by atoms with Crippen molar-refractivity contribution >= 4 is 0 Å². The Morgan fingerprint density at radius 1 is 1.33 bits per heavy atom. The van der Waals surface area contributed by atoms with Gasteiger partial charge in [0.25, 0.3) is 0 Å². The Kier molecular flexibility index (Phi) is 2.20. The fourth-order valence-electron chi connectivity index (χ4n) is 2.20. The Bertz CT molecular complexity index is 171. The summed E-state index contributed by atoms with van der Waals surface area (Å²) in [7, 11) is 0. The highest BCUT2D eigenvalue weighted by Crippen LogP contribution is 2.38. The van der Waals surface area contributed by atoms with E-state index in [4.69, 9.17) is 9.47 Å². The molecule has 1 aliphatic heterocycles. The minimum absolute atomic E-state index is 0.225. The third kappa shape index (κ3) is 1.41. The van der Waals surface area contributed by atoms with Gasteiger partial charge in [-0.25, -0.2) is 0 Å². The van der Waals surface area contributed by atoms with Gasteiger partial charge in [-0.1, -0.05) is 6.08 Å². The van der Waals surface area contributed by atoms with E-state index in [-0.39, 0.29) is 5.79 Å². The van der Waals surface area contributed by atoms with E-state index in [1.165, 1.54) is 12.8 Å². The molecule has 1 spiro atoms. The molecule has 0 N–H and O–H groups in total. The zero-order valence-corrected chi connectivity index (χ0v) is 7.42. The van der Waals surface area contributed by atoms with Crippen LogP contribution < -0.4 is 0 Å². The summed E-state index contributed by atoms with van der Waals surface area (Å²) in [6.45, 7) is 5.36. The Balaban J connectivity index is 2.01. The van der Waals surface area contributed by atoms with E-state index in [2.05, 4.69) is 6.58 Å². The van der Waals surface area contributed by atoms with Crippen molar-refractivity contribution in [1.29, 1.82) is 0 Å². The molecule has 0 bridgehead atoms. The second-order valence-electron chi connectivity index (χ2n) is 3.70. The lowest BCUT2D eigenvalue weighted by molar-refractivity contribution is -0.183. The van der Waals surface area contributed by atoms with Crippen LogP contribution in [0.3, 0.4) is 0 Å². The van der Waals surface area contributed by atoms with Gasteiger partial charge in [0.2, 0.25) is 0 Å². The average molecular weight is 168 g/mol. The highest BCUT2D eigenvalue weighted by molar-refractivity contribution is 4.90. The summed E-state index contributed by atoms with van der Waals surface area (Å²) in [5, 5.41) is 0. The maximum absolute atomic E-state index is 5.64. The number of hydrogen-bond acceptors (Lipinski definition) is 2. The Morgan fingerprint density at radius 2 is 2.08 bits per heavy atom. The van der Waals surface area contributed by atoms with E-state index in [1.807, 2.05) is 6.08 Å². The van der Waals surface area contributed by atoms with Gasteiger partial charge in [-0.05, 0) is 18.8 Å². The monoisotopic (exact) mass is 168 g/mol. The molecule has 0 unspecified atom stereocenters. The largest absolute Gasteiger partial charge is 0.348 e. The predicted octanol–water partition coefficient (Wildman–Crippen LogP) is 2.11. The second-order valence-corrected chi connectivity index (χ2v) is 3.70. The van der Waals surface area contributed by atoms with Gasteiger partial charge >= 0.3 is 0 Å². The predicted molar refractivity (Wildman–Crippen MR) is 46.8 cm³/mol. The van der Waals surface area contributed by atoms with Crippen molar-refractivity contribution in [3.63, 3.8) is 0 Å². The van der Waals surface area contributed by atoms with Crippen molar-refractivity contribution in [3.05, 3.63) is 12.7 Å². The van der Waals surface area contributed by atoms with Crippen LogP contribution in [-0.2, 0) is 9.47 Å². The number of rotatable bonds is 1. The van der Waals surface area contributed by atoms with Gasteiger partial charge in [-0.3, -0.25) is 0 Å². The first kappa shape index (κ1) is 8.27. The molecule has 0 aromatic heterocycles. The van der Waals surface area contributed by atoms with E-state index in [1.54, 1.807) is 0 Å². The summed E-state index contributed by atoms with van der Waals surface area (Å²) in [4.78, 5) is 0. The standard InChI is InChI=1S/C10H16O2/c1-2-9-4-3-5-10(8-9)11-6-7-12-10/h2,9H,1,3-8H2/t9-/m0/s1. The summed E-state index contributed by atoms with van der Waals surface area (Å²) in [6, 6.07) is 0. The number of hydrogen-bond donors (Lipinski definition) is 0. The van der Waals surface area contributed by atoms with Crippen LogP contribution in [0.5, 0.6) is 0 Å². The molecular formula is C10H16O2. The zero-order valence-electron chi connectivity index (χ0n) is 7.42. The first-order valence-corrected chi connectivity index (χ1v) is 4.75. The molecule has 2 fully saturated rings. The van der Waals surface area contributed by atoms with Crippen molar-refractivity contribution < 1.29 is 9.47 Å². The fraction of sp³-hybridized carbons (Fsp3) is 0.800. The fourth-order valence-corrected chi connectivity index (χ4v) is 2.20. The average Bonchev–Trinajstić information content (AvgIpc) is 2.53. The molecule has 68 valence electrons. The van der Waals surface area contributed by atoms with E-state index >= 15 is 0 Å². The van der Waals surface area contributed by atoms with Crippen LogP contribution in [0, 0.1) is 5.92 Å². The van der Waals surface area contributed by atoms with Gasteiger partial charge in [-0.15, -0.1) is 6.58 Å². The molecule has 2 heteroatoms. The van der Waals surface area contributed by atoms with Gasteiger partial charge in [0.05, 0.1) is 13.2 Å². The summed E-state index contributed by atoms with van der Waals surface area (Å²) in [6.07, 6.45) is 6.56. The summed E-state index contributed by atoms with van der Waals surface area (Å²) < 4.78 is 11.3. The summed E-state index contributed by atoms with van der Waals surface area (Å²) in [5.74, 6) is 0.369. The lowest BCUT2D eigenvalue weighted by atomic mass is 9.85. The van der Waals surface area contributed by atoms with Gasteiger partial charge in [0.15, 0.2) is 5.79 Å². The third-order valence-corrected chi connectivity index (χ3v) is 2.85. The van der Waals surface area contributed by atoms with Gasteiger partial charge in [0.1, 0.15) is 0 Å². The molecule has 0 aromatic rings. The molecule has 2 rings (SSSR count). The quantitative estimate of drug-likeness (QED) is 0.558. The molecule has 1 aliphatic carbocycles. The van der Waals surface area contributed by atoms with E-state index in [0.29, 0.717) is 5.92 Å². The van der Waals surface area contributed by atoms with E-state index < -0.39 is 0 Å². The van der Waals surface area contributed by atoms with E-state index in [0.717, 1.165) is 26.1 Å². The Morgan fingerprint density at radius 3 is 2.75 bits per heavy atom. The van der Waals surface area contributed by atoms with Crippen molar-refractivity contribution in [2.45, 2.75) is 31.5 Å². The molecule has 2 aliphatic rings. The Hall–Kier alpha value is -0.340. The van der Waals surface area contributed by atoms with Crippen LogP contribution in [0.2, 0.25) is 0 Å². The zero-order chi connectivity index (χ0) is 8.44. The maximum Gasteiger partial charge on any atom is 0.169 e. The molecular weight excluding hydrogens is 152 g/mol. The van der Waals surface area contributed by atoms with E-state index in [9.17, 15) is 0 Å². The first-order chi connectivity index (χ1) is 5.85. The van der Waals surface area contributed by atoms with Gasteiger partial charge in [0, 0.05) is 12.8 Å². The van der Waals surface area contributed by atoms with Crippen LogP contribution in [0.4, 0.5) is 0 Å². The van der Waals surface area contributed by atoms with Gasteiger partial charge in [-0.2, -0.15) is 0 Å². The molecule has 1 saturated heterocycles. The van der Waals surface area contributed by atoms with Crippen LogP contribution in [-0.4, -0.2) is 19.0 Å². The Labute approximate surface area is 73.5 Å². The molecule has 2 nitrogen and oxygen atoms in total. The lowest BCUT2D eigenvalue weighted by Gasteiger charge is -2.34.